The number of carbonyl (C=O) groups is 2. The van der Waals surface area contributed by atoms with Crippen LogP contribution < -0.4 is 20.1 Å². The topological polar surface area (TPSA) is 81.9 Å². The summed E-state index contributed by atoms with van der Waals surface area (Å²) in [5, 5.41) is 2.00. The van der Waals surface area contributed by atoms with Crippen LogP contribution in [0.15, 0.2) is 53.9 Å². The summed E-state index contributed by atoms with van der Waals surface area (Å²) < 4.78 is 24.0. The molecule has 6 nitrogen and oxygen atoms in total. The third-order valence-electron chi connectivity index (χ3n) is 4.11. The molecule has 0 spiro atoms. The molecule has 0 saturated heterocycles. The Morgan fingerprint density at radius 2 is 1.93 bits per heavy atom. The van der Waals surface area contributed by atoms with Crippen molar-refractivity contribution in [3.63, 3.8) is 0 Å². The van der Waals surface area contributed by atoms with Gasteiger partial charge in [0.15, 0.2) is 18.1 Å². The Kier molecular flexibility index (Phi) is 6.91. The van der Waals surface area contributed by atoms with Crippen molar-refractivity contribution in [2.24, 2.45) is 5.73 Å². The van der Waals surface area contributed by atoms with Crippen molar-refractivity contribution < 1.29 is 23.5 Å². The molecule has 0 aliphatic heterocycles. The van der Waals surface area contributed by atoms with Gasteiger partial charge >= 0.3 is 0 Å². The number of anilines is 1. The molecule has 1 heterocycles. The van der Waals surface area contributed by atoms with Gasteiger partial charge in [-0.3, -0.25) is 9.59 Å². The first-order valence-corrected chi connectivity index (χ1v) is 10.0. The molecule has 0 saturated carbocycles. The average molecular weight is 449 g/mol. The van der Waals surface area contributed by atoms with Crippen LogP contribution in [0, 0.1) is 5.82 Å². The first-order chi connectivity index (χ1) is 14.4. The van der Waals surface area contributed by atoms with Crippen LogP contribution in [0.1, 0.15) is 15.2 Å². The van der Waals surface area contributed by atoms with E-state index in [2.05, 4.69) is 0 Å². The largest absolute Gasteiger partial charge is 0.493 e. The minimum Gasteiger partial charge on any atom is -0.493 e. The van der Waals surface area contributed by atoms with Gasteiger partial charge in [0.05, 0.1) is 18.7 Å². The number of ether oxygens (including phenoxy) is 2. The Balaban J connectivity index is 1.98. The van der Waals surface area contributed by atoms with E-state index in [0.29, 0.717) is 12.2 Å². The number of methoxy groups -OCH3 is 1. The van der Waals surface area contributed by atoms with Crippen LogP contribution in [0.5, 0.6) is 11.5 Å². The monoisotopic (exact) mass is 448 g/mol. The molecule has 2 aromatic carbocycles. The minimum atomic E-state index is -0.674. The highest BCUT2D eigenvalue weighted by Crippen LogP contribution is 2.37. The van der Waals surface area contributed by atoms with E-state index >= 15 is 0 Å². The predicted octanol–water partition coefficient (Wildman–Crippen LogP) is 4.26. The summed E-state index contributed by atoms with van der Waals surface area (Å²) in [6.45, 7) is -0.0918. The van der Waals surface area contributed by atoms with Crippen LogP contribution in [0.4, 0.5) is 10.1 Å². The Bertz CT molecular complexity index is 1040. The van der Waals surface area contributed by atoms with Crippen molar-refractivity contribution >= 4 is 40.4 Å². The number of halogens is 2. The van der Waals surface area contributed by atoms with Gasteiger partial charge in [-0.05, 0) is 47.8 Å². The van der Waals surface area contributed by atoms with Gasteiger partial charge in [-0.2, -0.15) is 0 Å². The number of benzene rings is 2. The number of hydrogen-bond acceptors (Lipinski definition) is 5. The summed E-state index contributed by atoms with van der Waals surface area (Å²) in [4.78, 5) is 26.8. The first-order valence-electron chi connectivity index (χ1n) is 8.77. The van der Waals surface area contributed by atoms with E-state index in [1.54, 1.807) is 0 Å². The Morgan fingerprint density at radius 3 is 2.53 bits per heavy atom. The Hall–Kier alpha value is -3.10. The summed E-state index contributed by atoms with van der Waals surface area (Å²) in [6, 6.07) is 12.3. The molecule has 0 bridgehead atoms. The molecular weight excluding hydrogens is 431 g/mol. The summed E-state index contributed by atoms with van der Waals surface area (Å²) in [5.41, 5.74) is 5.87. The lowest BCUT2D eigenvalue weighted by molar-refractivity contribution is -0.119. The van der Waals surface area contributed by atoms with Gasteiger partial charge in [0.2, 0.25) is 0 Å². The second kappa shape index (κ2) is 9.60. The molecule has 0 fully saturated rings. The third kappa shape index (κ3) is 5.08. The number of rotatable bonds is 8. The minimum absolute atomic E-state index is 0.0918. The SMILES string of the molecule is COc1cc(C(=O)N(Cc2cccs2)c2ccc(F)cc2)cc(Cl)c1OCC(N)=O. The van der Waals surface area contributed by atoms with Crippen LogP contribution in [0.3, 0.4) is 0 Å². The highest BCUT2D eigenvalue weighted by atomic mass is 35.5. The molecule has 2 N–H and O–H groups in total. The molecule has 3 rings (SSSR count). The fourth-order valence-corrected chi connectivity index (χ4v) is 3.70. The van der Waals surface area contributed by atoms with Gasteiger partial charge in [-0.25, -0.2) is 4.39 Å². The second-order valence-corrected chi connectivity index (χ2v) is 7.63. The third-order valence-corrected chi connectivity index (χ3v) is 5.25. The van der Waals surface area contributed by atoms with Gasteiger partial charge < -0.3 is 20.1 Å². The number of carbonyl (C=O) groups excluding carboxylic acids is 2. The van der Waals surface area contributed by atoms with E-state index in [9.17, 15) is 14.0 Å². The van der Waals surface area contributed by atoms with E-state index in [4.69, 9.17) is 26.8 Å². The molecule has 30 heavy (non-hydrogen) atoms. The maximum absolute atomic E-state index is 13.4. The number of amides is 2. The lowest BCUT2D eigenvalue weighted by Crippen LogP contribution is -2.30. The zero-order valence-electron chi connectivity index (χ0n) is 15.9. The standard InChI is InChI=1S/C21H18ClFN2O4S/c1-28-18-10-13(9-17(22)20(18)29-12-19(24)26)21(27)25(11-16-3-2-8-30-16)15-6-4-14(23)5-7-15/h2-10H,11-12H2,1H3,(H2,24,26). The molecule has 9 heteroatoms. The summed E-state index contributed by atoms with van der Waals surface area (Å²) in [6.07, 6.45) is 0. The zero-order valence-corrected chi connectivity index (χ0v) is 17.5. The average Bonchev–Trinajstić information content (AvgIpc) is 3.24. The molecule has 0 unspecified atom stereocenters. The molecule has 1 aromatic heterocycles. The summed E-state index contributed by atoms with van der Waals surface area (Å²) >= 11 is 7.78. The van der Waals surface area contributed by atoms with Crippen LogP contribution in [-0.4, -0.2) is 25.5 Å². The normalized spacial score (nSPS) is 10.5. The fraction of sp³-hybridized carbons (Fsp3) is 0.143. The van der Waals surface area contributed by atoms with Crippen LogP contribution >= 0.6 is 22.9 Å². The summed E-state index contributed by atoms with van der Waals surface area (Å²) in [7, 11) is 1.39. The Labute approximate surface area is 181 Å². The van der Waals surface area contributed by atoms with Crippen LogP contribution in [-0.2, 0) is 11.3 Å². The fourth-order valence-electron chi connectivity index (χ4n) is 2.74. The first kappa shape index (κ1) is 21.6. The number of primary amides is 1. The number of hydrogen-bond donors (Lipinski definition) is 1. The molecule has 0 radical (unpaired) electrons. The quantitative estimate of drug-likeness (QED) is 0.558. The van der Waals surface area contributed by atoms with Gasteiger partial charge in [0, 0.05) is 16.1 Å². The van der Waals surface area contributed by atoms with Crippen LogP contribution in [0.2, 0.25) is 5.02 Å². The molecule has 3 aromatic rings. The van der Waals surface area contributed by atoms with Crippen molar-refractivity contribution in [2.45, 2.75) is 6.54 Å². The number of nitrogens with two attached hydrogens (primary N) is 1. The Morgan fingerprint density at radius 1 is 1.20 bits per heavy atom. The molecular formula is C21H18ClFN2O4S. The smallest absolute Gasteiger partial charge is 0.258 e. The summed E-state index contributed by atoms with van der Waals surface area (Å²) in [5.74, 6) is -1.14. The van der Waals surface area contributed by atoms with Crippen molar-refractivity contribution in [1.29, 1.82) is 0 Å². The highest BCUT2D eigenvalue weighted by Gasteiger charge is 2.23. The van der Waals surface area contributed by atoms with Gasteiger partial charge in [-0.1, -0.05) is 17.7 Å². The van der Waals surface area contributed by atoms with E-state index in [-0.39, 0.29) is 34.6 Å². The molecule has 156 valence electrons. The van der Waals surface area contributed by atoms with E-state index in [1.165, 1.54) is 59.7 Å². The van der Waals surface area contributed by atoms with Crippen molar-refractivity contribution in [2.75, 3.05) is 18.6 Å². The van der Waals surface area contributed by atoms with E-state index < -0.39 is 11.7 Å². The maximum Gasteiger partial charge on any atom is 0.258 e. The number of nitrogens with zero attached hydrogens (tertiary/aromatic N) is 1. The highest BCUT2D eigenvalue weighted by molar-refractivity contribution is 7.09. The van der Waals surface area contributed by atoms with Crippen molar-refractivity contribution in [3.8, 4) is 11.5 Å². The lowest BCUT2D eigenvalue weighted by Gasteiger charge is -2.23. The lowest BCUT2D eigenvalue weighted by atomic mass is 10.1. The second-order valence-electron chi connectivity index (χ2n) is 6.19. The van der Waals surface area contributed by atoms with E-state index in [0.717, 1.165) is 4.88 Å². The van der Waals surface area contributed by atoms with E-state index in [1.807, 2.05) is 17.5 Å². The van der Waals surface area contributed by atoms with Gasteiger partial charge in [-0.15, -0.1) is 11.3 Å². The zero-order chi connectivity index (χ0) is 21.7. The van der Waals surface area contributed by atoms with Crippen molar-refractivity contribution in [3.05, 3.63) is 75.2 Å². The maximum atomic E-state index is 13.4. The van der Waals surface area contributed by atoms with Gasteiger partial charge in [0.25, 0.3) is 11.8 Å². The molecule has 2 amide bonds. The van der Waals surface area contributed by atoms with Crippen molar-refractivity contribution in [1.82, 2.24) is 0 Å². The molecule has 0 aliphatic carbocycles. The molecule has 0 aliphatic rings. The molecule has 0 atom stereocenters. The van der Waals surface area contributed by atoms with Gasteiger partial charge in [0.1, 0.15) is 5.82 Å². The number of thiophene rings is 1. The predicted molar refractivity (Wildman–Crippen MR) is 114 cm³/mol. The van der Waals surface area contributed by atoms with Crippen LogP contribution in [0.25, 0.3) is 0 Å².